The molecule has 1 atom stereocenters. The van der Waals surface area contributed by atoms with E-state index in [4.69, 9.17) is 4.74 Å². The third-order valence-electron chi connectivity index (χ3n) is 2.93. The fourth-order valence-corrected chi connectivity index (χ4v) is 2.77. The third kappa shape index (κ3) is 4.42. The van der Waals surface area contributed by atoms with Crippen LogP contribution < -0.4 is 5.32 Å². The molecule has 1 aromatic rings. The molecule has 0 aromatic carbocycles. The topological polar surface area (TPSA) is 38.3 Å². The van der Waals surface area contributed by atoms with E-state index in [1.165, 1.54) is 16.9 Å². The van der Waals surface area contributed by atoms with Crippen molar-refractivity contribution in [3.05, 3.63) is 21.9 Å². The molecule has 102 valence electrons. The molecule has 0 saturated heterocycles. The van der Waals surface area contributed by atoms with Gasteiger partial charge in [-0.3, -0.25) is 4.79 Å². The van der Waals surface area contributed by atoms with Crippen LogP contribution >= 0.6 is 11.3 Å². The molecule has 1 aromatic heterocycles. The van der Waals surface area contributed by atoms with E-state index in [1.807, 2.05) is 25.2 Å². The Kier molecular flexibility index (Phi) is 5.35. The van der Waals surface area contributed by atoms with Gasteiger partial charge in [0.25, 0.3) is 0 Å². The van der Waals surface area contributed by atoms with Crippen molar-refractivity contribution in [2.75, 3.05) is 13.7 Å². The van der Waals surface area contributed by atoms with Crippen molar-refractivity contribution in [2.24, 2.45) is 5.41 Å². The van der Waals surface area contributed by atoms with Gasteiger partial charge in [0.1, 0.15) is 0 Å². The Morgan fingerprint density at radius 3 is 2.67 bits per heavy atom. The van der Waals surface area contributed by atoms with Crippen LogP contribution in [0.25, 0.3) is 0 Å². The Morgan fingerprint density at radius 1 is 1.50 bits per heavy atom. The number of aryl methyl sites for hydroxylation is 1. The minimum atomic E-state index is -0.478. The van der Waals surface area contributed by atoms with Gasteiger partial charge in [0.2, 0.25) is 0 Å². The van der Waals surface area contributed by atoms with Crippen LogP contribution in [0.4, 0.5) is 0 Å². The molecule has 0 bridgehead atoms. The first kappa shape index (κ1) is 15.2. The lowest BCUT2D eigenvalue weighted by Gasteiger charge is -2.24. The lowest BCUT2D eigenvalue weighted by molar-refractivity contribution is -0.150. The average Bonchev–Trinajstić information content (AvgIpc) is 2.71. The number of thiophene rings is 1. The highest BCUT2D eigenvalue weighted by Crippen LogP contribution is 2.18. The first-order chi connectivity index (χ1) is 8.35. The molecule has 0 fully saturated rings. The molecule has 4 heteroatoms. The van der Waals surface area contributed by atoms with Gasteiger partial charge < -0.3 is 10.1 Å². The van der Waals surface area contributed by atoms with Crippen LogP contribution in [0, 0.1) is 12.3 Å². The van der Waals surface area contributed by atoms with E-state index in [-0.39, 0.29) is 5.97 Å². The summed E-state index contributed by atoms with van der Waals surface area (Å²) < 4.78 is 4.79. The fourth-order valence-electron chi connectivity index (χ4n) is 1.75. The highest BCUT2D eigenvalue weighted by molar-refractivity contribution is 7.11. The Bertz CT molecular complexity index is 398. The molecule has 0 saturated carbocycles. The molecule has 18 heavy (non-hydrogen) atoms. The van der Waals surface area contributed by atoms with E-state index >= 15 is 0 Å². The number of rotatable bonds is 6. The summed E-state index contributed by atoms with van der Waals surface area (Å²) in [6.45, 7) is 8.68. The van der Waals surface area contributed by atoms with Gasteiger partial charge in [-0.05, 0) is 46.2 Å². The second kappa shape index (κ2) is 6.34. The Balaban J connectivity index is 2.41. The predicted octanol–water partition coefficient (Wildman–Crippen LogP) is 2.78. The van der Waals surface area contributed by atoms with Gasteiger partial charge in [-0.1, -0.05) is 0 Å². The smallest absolute Gasteiger partial charge is 0.312 e. The van der Waals surface area contributed by atoms with Crippen LogP contribution in [-0.2, 0) is 16.0 Å². The lowest BCUT2D eigenvalue weighted by atomic mass is 9.93. The van der Waals surface area contributed by atoms with E-state index in [0.29, 0.717) is 12.6 Å². The van der Waals surface area contributed by atoms with Gasteiger partial charge in [0, 0.05) is 22.3 Å². The zero-order valence-corrected chi connectivity index (χ0v) is 12.7. The van der Waals surface area contributed by atoms with E-state index < -0.39 is 5.41 Å². The fraction of sp³-hybridized carbons (Fsp3) is 0.643. The Labute approximate surface area is 114 Å². The second-order valence-electron chi connectivity index (χ2n) is 5.37. The molecule has 0 radical (unpaired) electrons. The zero-order valence-electron chi connectivity index (χ0n) is 11.9. The quantitative estimate of drug-likeness (QED) is 0.807. The van der Waals surface area contributed by atoms with Crippen LogP contribution in [0.15, 0.2) is 12.1 Å². The summed E-state index contributed by atoms with van der Waals surface area (Å²) in [5.41, 5.74) is -0.478. The molecule has 1 rings (SSSR count). The second-order valence-corrected chi connectivity index (χ2v) is 6.75. The van der Waals surface area contributed by atoms with Gasteiger partial charge in [-0.15, -0.1) is 11.3 Å². The molecule has 0 amide bonds. The zero-order chi connectivity index (χ0) is 13.8. The van der Waals surface area contributed by atoms with Crippen molar-refractivity contribution in [2.45, 2.75) is 40.2 Å². The van der Waals surface area contributed by atoms with Crippen LogP contribution in [0.1, 0.15) is 30.5 Å². The molecular weight excluding hydrogens is 246 g/mol. The minimum Gasteiger partial charge on any atom is -0.469 e. The van der Waals surface area contributed by atoms with Crippen molar-refractivity contribution in [3.8, 4) is 0 Å². The number of esters is 1. The Hall–Kier alpha value is -0.870. The Morgan fingerprint density at radius 2 is 2.17 bits per heavy atom. The highest BCUT2D eigenvalue weighted by Gasteiger charge is 2.28. The van der Waals surface area contributed by atoms with E-state index in [0.717, 1.165) is 6.42 Å². The molecule has 0 aliphatic carbocycles. The molecule has 0 aliphatic rings. The number of methoxy groups -OCH3 is 1. The predicted molar refractivity (Wildman–Crippen MR) is 76.0 cm³/mol. The average molecular weight is 269 g/mol. The summed E-state index contributed by atoms with van der Waals surface area (Å²) in [5.74, 6) is -0.172. The number of nitrogens with one attached hydrogen (secondary N) is 1. The summed E-state index contributed by atoms with van der Waals surface area (Å²) >= 11 is 1.83. The van der Waals surface area contributed by atoms with Crippen molar-refractivity contribution < 1.29 is 9.53 Å². The summed E-state index contributed by atoms with van der Waals surface area (Å²) in [6.07, 6.45) is 0.996. The minimum absolute atomic E-state index is 0.172. The monoisotopic (exact) mass is 269 g/mol. The standard InChI is InChI=1S/C14H23NO2S/c1-10(8-12-7-6-11(2)18-12)15-9-14(3,4)13(16)17-5/h6-7,10,15H,8-9H2,1-5H3. The molecule has 1 N–H and O–H groups in total. The third-order valence-corrected chi connectivity index (χ3v) is 3.96. The number of hydrogen-bond donors (Lipinski definition) is 1. The van der Waals surface area contributed by atoms with Gasteiger partial charge in [0.15, 0.2) is 0 Å². The summed E-state index contributed by atoms with van der Waals surface area (Å²) in [6, 6.07) is 4.67. The van der Waals surface area contributed by atoms with Crippen molar-refractivity contribution in [1.29, 1.82) is 0 Å². The number of carbonyl (C=O) groups is 1. The molecular formula is C14H23NO2S. The van der Waals surface area contributed by atoms with Gasteiger partial charge in [-0.2, -0.15) is 0 Å². The van der Waals surface area contributed by atoms with Gasteiger partial charge >= 0.3 is 5.97 Å². The van der Waals surface area contributed by atoms with Crippen LogP contribution in [-0.4, -0.2) is 25.7 Å². The van der Waals surface area contributed by atoms with Gasteiger partial charge in [0.05, 0.1) is 12.5 Å². The number of hydrogen-bond acceptors (Lipinski definition) is 4. The van der Waals surface area contributed by atoms with E-state index in [9.17, 15) is 4.79 Å². The normalized spacial score (nSPS) is 13.4. The van der Waals surface area contributed by atoms with Crippen molar-refractivity contribution >= 4 is 17.3 Å². The summed E-state index contributed by atoms with van der Waals surface area (Å²) in [4.78, 5) is 14.3. The first-order valence-corrected chi connectivity index (χ1v) is 7.04. The number of carbonyl (C=O) groups excluding carboxylic acids is 1. The van der Waals surface area contributed by atoms with Crippen LogP contribution in [0.2, 0.25) is 0 Å². The maximum atomic E-state index is 11.5. The maximum absolute atomic E-state index is 11.5. The molecule has 3 nitrogen and oxygen atoms in total. The van der Waals surface area contributed by atoms with Crippen LogP contribution in [0.5, 0.6) is 0 Å². The van der Waals surface area contributed by atoms with Crippen molar-refractivity contribution in [3.63, 3.8) is 0 Å². The largest absolute Gasteiger partial charge is 0.469 e. The van der Waals surface area contributed by atoms with E-state index in [1.54, 1.807) is 0 Å². The highest BCUT2D eigenvalue weighted by atomic mass is 32.1. The summed E-state index contributed by atoms with van der Waals surface area (Å²) in [7, 11) is 1.43. The maximum Gasteiger partial charge on any atom is 0.312 e. The SMILES string of the molecule is COC(=O)C(C)(C)CNC(C)Cc1ccc(C)s1. The molecule has 1 unspecified atom stereocenters. The van der Waals surface area contributed by atoms with Gasteiger partial charge in [-0.25, -0.2) is 0 Å². The molecule has 0 aliphatic heterocycles. The van der Waals surface area contributed by atoms with Crippen LogP contribution in [0.3, 0.4) is 0 Å². The molecule has 0 spiro atoms. The molecule has 1 heterocycles. The summed E-state index contributed by atoms with van der Waals surface area (Å²) in [5, 5.41) is 3.40. The van der Waals surface area contributed by atoms with E-state index in [2.05, 4.69) is 31.3 Å². The van der Waals surface area contributed by atoms with Crippen molar-refractivity contribution in [1.82, 2.24) is 5.32 Å². The lowest BCUT2D eigenvalue weighted by Crippen LogP contribution is -2.41. The first-order valence-electron chi connectivity index (χ1n) is 6.22. The number of ether oxygens (including phenoxy) is 1.